The first-order chi connectivity index (χ1) is 7.28. The molecule has 2 rings (SSSR count). The molecule has 0 amide bonds. The van der Waals surface area contributed by atoms with Gasteiger partial charge in [0.05, 0.1) is 17.4 Å². The van der Waals surface area contributed by atoms with Crippen molar-refractivity contribution in [2.24, 2.45) is 7.05 Å². The standard InChI is InChI=1S/C9H9N5O/c1-14-5-8(4-12-14)13-9-10-2-7(6-15)3-11-9/h2-6H,1H3,(H,10,11,13). The van der Waals surface area contributed by atoms with E-state index in [1.165, 1.54) is 12.4 Å². The molecule has 0 fully saturated rings. The maximum absolute atomic E-state index is 10.4. The van der Waals surface area contributed by atoms with E-state index in [9.17, 15) is 4.79 Å². The Hall–Kier alpha value is -2.24. The summed E-state index contributed by atoms with van der Waals surface area (Å²) in [5.74, 6) is 0.439. The normalized spacial score (nSPS) is 9.93. The third-order valence-electron chi connectivity index (χ3n) is 1.77. The van der Waals surface area contributed by atoms with Gasteiger partial charge < -0.3 is 5.32 Å². The van der Waals surface area contributed by atoms with Crippen LogP contribution in [0.3, 0.4) is 0 Å². The number of carbonyl (C=O) groups is 1. The fraction of sp³-hybridized carbons (Fsp3) is 0.111. The van der Waals surface area contributed by atoms with Crippen LogP contribution in [-0.2, 0) is 7.05 Å². The lowest BCUT2D eigenvalue weighted by atomic mass is 10.4. The Morgan fingerprint density at radius 3 is 2.60 bits per heavy atom. The van der Waals surface area contributed by atoms with Gasteiger partial charge in [-0.25, -0.2) is 9.97 Å². The highest BCUT2D eigenvalue weighted by Crippen LogP contribution is 2.09. The molecule has 0 atom stereocenters. The smallest absolute Gasteiger partial charge is 0.227 e. The molecule has 0 saturated heterocycles. The van der Waals surface area contributed by atoms with Gasteiger partial charge >= 0.3 is 0 Å². The highest BCUT2D eigenvalue weighted by Gasteiger charge is 1.99. The minimum absolute atomic E-state index is 0.439. The van der Waals surface area contributed by atoms with Gasteiger partial charge in [0.15, 0.2) is 6.29 Å². The van der Waals surface area contributed by atoms with Crippen LogP contribution in [0.15, 0.2) is 24.8 Å². The van der Waals surface area contributed by atoms with Gasteiger partial charge in [0.2, 0.25) is 5.95 Å². The number of anilines is 2. The maximum Gasteiger partial charge on any atom is 0.227 e. The van der Waals surface area contributed by atoms with E-state index in [1.807, 2.05) is 7.05 Å². The van der Waals surface area contributed by atoms with Crippen LogP contribution in [0.1, 0.15) is 10.4 Å². The van der Waals surface area contributed by atoms with Crippen molar-refractivity contribution in [3.8, 4) is 0 Å². The van der Waals surface area contributed by atoms with E-state index in [0.717, 1.165) is 5.69 Å². The average Bonchev–Trinajstić information content (AvgIpc) is 2.65. The van der Waals surface area contributed by atoms with Crippen LogP contribution in [-0.4, -0.2) is 26.0 Å². The summed E-state index contributed by atoms with van der Waals surface area (Å²) in [7, 11) is 1.82. The predicted octanol–water partition coefficient (Wildman–Crippen LogP) is 0.766. The van der Waals surface area contributed by atoms with Crippen LogP contribution in [0.4, 0.5) is 11.6 Å². The first-order valence-corrected chi connectivity index (χ1v) is 4.31. The van der Waals surface area contributed by atoms with Gasteiger partial charge in [0.25, 0.3) is 0 Å². The van der Waals surface area contributed by atoms with Crippen LogP contribution in [0.25, 0.3) is 0 Å². The number of hydrogen-bond acceptors (Lipinski definition) is 5. The Morgan fingerprint density at radius 1 is 1.33 bits per heavy atom. The summed E-state index contributed by atoms with van der Waals surface area (Å²) in [6, 6.07) is 0. The lowest BCUT2D eigenvalue weighted by Crippen LogP contribution is -1.96. The van der Waals surface area contributed by atoms with Gasteiger partial charge in [-0.05, 0) is 0 Å². The molecular formula is C9H9N5O. The highest BCUT2D eigenvalue weighted by molar-refractivity contribution is 5.73. The number of aryl methyl sites for hydroxylation is 1. The Balaban J connectivity index is 2.14. The summed E-state index contributed by atoms with van der Waals surface area (Å²) in [5, 5.41) is 6.94. The molecular weight excluding hydrogens is 194 g/mol. The summed E-state index contributed by atoms with van der Waals surface area (Å²) in [5.41, 5.74) is 1.25. The van der Waals surface area contributed by atoms with E-state index < -0.39 is 0 Å². The van der Waals surface area contributed by atoms with Gasteiger partial charge in [0.1, 0.15) is 0 Å². The van der Waals surface area contributed by atoms with E-state index in [0.29, 0.717) is 17.8 Å². The molecule has 6 heteroatoms. The molecule has 2 heterocycles. The van der Waals surface area contributed by atoms with E-state index in [4.69, 9.17) is 0 Å². The van der Waals surface area contributed by atoms with Crippen molar-refractivity contribution in [2.75, 3.05) is 5.32 Å². The zero-order valence-corrected chi connectivity index (χ0v) is 8.08. The van der Waals surface area contributed by atoms with Crippen molar-refractivity contribution in [2.45, 2.75) is 0 Å². The molecule has 0 unspecified atom stereocenters. The second kappa shape index (κ2) is 3.87. The molecule has 0 aliphatic rings. The number of carbonyl (C=O) groups excluding carboxylic acids is 1. The third kappa shape index (κ3) is 2.16. The largest absolute Gasteiger partial charge is 0.321 e. The Bertz CT molecular complexity index is 462. The topological polar surface area (TPSA) is 72.7 Å². The Kier molecular flexibility index (Phi) is 2.40. The number of hydrogen-bond donors (Lipinski definition) is 1. The molecule has 0 aliphatic carbocycles. The second-order valence-corrected chi connectivity index (χ2v) is 2.99. The van der Waals surface area contributed by atoms with Crippen molar-refractivity contribution < 1.29 is 4.79 Å². The van der Waals surface area contributed by atoms with Crippen LogP contribution in [0, 0.1) is 0 Å². The van der Waals surface area contributed by atoms with Crippen molar-refractivity contribution in [3.63, 3.8) is 0 Å². The van der Waals surface area contributed by atoms with Crippen LogP contribution < -0.4 is 5.32 Å². The van der Waals surface area contributed by atoms with Crippen LogP contribution in [0.5, 0.6) is 0 Å². The lowest BCUT2D eigenvalue weighted by Gasteiger charge is -1.99. The van der Waals surface area contributed by atoms with Crippen molar-refractivity contribution in [1.29, 1.82) is 0 Å². The van der Waals surface area contributed by atoms with Gasteiger partial charge in [-0.1, -0.05) is 0 Å². The van der Waals surface area contributed by atoms with Crippen LogP contribution >= 0.6 is 0 Å². The minimum atomic E-state index is 0.439. The van der Waals surface area contributed by atoms with Crippen LogP contribution in [0.2, 0.25) is 0 Å². The summed E-state index contributed by atoms with van der Waals surface area (Å²) < 4.78 is 1.67. The number of aromatic nitrogens is 4. The fourth-order valence-electron chi connectivity index (χ4n) is 1.08. The molecule has 0 bridgehead atoms. The average molecular weight is 203 g/mol. The molecule has 2 aromatic heterocycles. The number of nitrogens with zero attached hydrogens (tertiary/aromatic N) is 4. The lowest BCUT2D eigenvalue weighted by molar-refractivity contribution is 0.112. The molecule has 0 aliphatic heterocycles. The van der Waals surface area contributed by atoms with Gasteiger partial charge in [0, 0.05) is 25.6 Å². The zero-order chi connectivity index (χ0) is 10.7. The molecule has 2 aromatic rings. The first-order valence-electron chi connectivity index (χ1n) is 4.31. The van der Waals surface area contributed by atoms with E-state index in [-0.39, 0.29) is 0 Å². The van der Waals surface area contributed by atoms with Gasteiger partial charge in [-0.3, -0.25) is 9.48 Å². The van der Waals surface area contributed by atoms with E-state index >= 15 is 0 Å². The van der Waals surface area contributed by atoms with E-state index in [2.05, 4.69) is 20.4 Å². The monoisotopic (exact) mass is 203 g/mol. The summed E-state index contributed by atoms with van der Waals surface area (Å²) in [4.78, 5) is 18.3. The molecule has 0 spiro atoms. The SMILES string of the molecule is Cn1cc(Nc2ncc(C=O)cn2)cn1. The van der Waals surface area contributed by atoms with Crippen molar-refractivity contribution in [1.82, 2.24) is 19.7 Å². The predicted molar refractivity (Wildman–Crippen MR) is 53.9 cm³/mol. The molecule has 0 aromatic carbocycles. The quantitative estimate of drug-likeness (QED) is 0.746. The van der Waals surface area contributed by atoms with Crippen molar-refractivity contribution >= 4 is 17.9 Å². The van der Waals surface area contributed by atoms with Gasteiger partial charge in [-0.15, -0.1) is 0 Å². The number of rotatable bonds is 3. The van der Waals surface area contributed by atoms with Gasteiger partial charge in [-0.2, -0.15) is 5.10 Å². The minimum Gasteiger partial charge on any atom is -0.321 e. The molecule has 76 valence electrons. The first kappa shape index (κ1) is 9.32. The molecule has 0 radical (unpaired) electrons. The highest BCUT2D eigenvalue weighted by atomic mass is 16.1. The molecule has 0 saturated carbocycles. The summed E-state index contributed by atoms with van der Waals surface area (Å²) >= 11 is 0. The zero-order valence-electron chi connectivity index (χ0n) is 8.08. The Morgan fingerprint density at radius 2 is 2.07 bits per heavy atom. The second-order valence-electron chi connectivity index (χ2n) is 2.99. The molecule has 15 heavy (non-hydrogen) atoms. The fourth-order valence-corrected chi connectivity index (χ4v) is 1.08. The number of nitrogens with one attached hydrogen (secondary N) is 1. The molecule has 6 nitrogen and oxygen atoms in total. The summed E-state index contributed by atoms with van der Waals surface area (Å²) in [6.45, 7) is 0. The van der Waals surface area contributed by atoms with E-state index in [1.54, 1.807) is 17.1 Å². The molecule has 1 N–H and O–H groups in total. The third-order valence-corrected chi connectivity index (χ3v) is 1.77. The number of aldehydes is 1. The maximum atomic E-state index is 10.4. The van der Waals surface area contributed by atoms with Crippen molar-refractivity contribution in [3.05, 3.63) is 30.4 Å². The summed E-state index contributed by atoms with van der Waals surface area (Å²) in [6.07, 6.45) is 7.08. The Labute approximate surface area is 86.0 Å².